The lowest BCUT2D eigenvalue weighted by Crippen LogP contribution is -2.44. The van der Waals surface area contributed by atoms with E-state index in [1.807, 2.05) is 17.0 Å². The van der Waals surface area contributed by atoms with Gasteiger partial charge in [0, 0.05) is 30.6 Å². The van der Waals surface area contributed by atoms with E-state index >= 15 is 0 Å². The van der Waals surface area contributed by atoms with Gasteiger partial charge in [-0.15, -0.1) is 0 Å². The molecule has 1 aliphatic heterocycles. The zero-order valence-corrected chi connectivity index (χ0v) is 21.3. The molecule has 2 N–H and O–H groups in total. The molecular formula is C24H32N4O6S. The number of nitrogens with one attached hydrogen (secondary N) is 1. The van der Waals surface area contributed by atoms with Crippen molar-refractivity contribution in [1.29, 1.82) is 0 Å². The average Bonchev–Trinajstić information content (AvgIpc) is 3.56. The summed E-state index contributed by atoms with van der Waals surface area (Å²) in [5, 5.41) is 21.8. The molecule has 1 atom stereocenters. The molecule has 0 amide bonds. The van der Waals surface area contributed by atoms with Gasteiger partial charge in [-0.25, -0.2) is 13.1 Å². The summed E-state index contributed by atoms with van der Waals surface area (Å²) in [6, 6.07) is 8.17. The fraction of sp³-hybridized carbons (Fsp3) is 0.500. The second kappa shape index (κ2) is 9.38. The number of nitrogens with zero attached hydrogens (tertiary/aromatic N) is 3. The minimum atomic E-state index is -4.09. The number of nitro groups is 1. The number of aliphatic hydroxyl groups excluding tert-OH is 1. The highest BCUT2D eigenvalue weighted by Gasteiger charge is 2.50. The van der Waals surface area contributed by atoms with Crippen LogP contribution >= 0.6 is 0 Å². The molecule has 2 aliphatic rings. The molecule has 0 aromatic heterocycles. The normalized spacial score (nSPS) is 17.4. The van der Waals surface area contributed by atoms with E-state index in [9.17, 15) is 23.6 Å². The van der Waals surface area contributed by atoms with E-state index in [0.29, 0.717) is 18.8 Å². The van der Waals surface area contributed by atoms with Gasteiger partial charge in [-0.1, -0.05) is 6.07 Å². The van der Waals surface area contributed by atoms with Gasteiger partial charge in [0.25, 0.3) is 5.69 Å². The summed E-state index contributed by atoms with van der Waals surface area (Å²) in [5.74, 6) is 0.794. The Kier molecular flexibility index (Phi) is 6.80. The van der Waals surface area contributed by atoms with Gasteiger partial charge in [0.15, 0.2) is 0 Å². The number of sulfonamides is 1. The van der Waals surface area contributed by atoms with Crippen LogP contribution in [0, 0.1) is 17.0 Å². The van der Waals surface area contributed by atoms with Gasteiger partial charge in [0.1, 0.15) is 11.4 Å². The maximum atomic E-state index is 13.1. The van der Waals surface area contributed by atoms with Crippen molar-refractivity contribution in [3.05, 3.63) is 57.1 Å². The summed E-state index contributed by atoms with van der Waals surface area (Å²) >= 11 is 0. The summed E-state index contributed by atoms with van der Waals surface area (Å²) in [5.41, 5.74) is 2.52. The lowest BCUT2D eigenvalue weighted by molar-refractivity contribution is -0.384. The van der Waals surface area contributed by atoms with Crippen LogP contribution in [0.3, 0.4) is 0 Å². The molecule has 1 fully saturated rings. The van der Waals surface area contributed by atoms with Gasteiger partial charge < -0.3 is 19.6 Å². The highest BCUT2D eigenvalue weighted by atomic mass is 32.2. The number of likely N-dealkylation sites (N-methyl/N-ethyl adjacent to an activating group) is 1. The maximum absolute atomic E-state index is 13.1. The van der Waals surface area contributed by atoms with E-state index < -0.39 is 27.6 Å². The maximum Gasteiger partial charge on any atom is 0.296 e. The summed E-state index contributed by atoms with van der Waals surface area (Å²) in [7, 11) is 1.07. The average molecular weight is 505 g/mol. The molecule has 0 radical (unpaired) electrons. The molecule has 190 valence electrons. The number of hydrogen-bond acceptors (Lipinski definition) is 8. The minimum absolute atomic E-state index is 0.0727. The second-order valence-corrected chi connectivity index (χ2v) is 11.4. The lowest BCUT2D eigenvalue weighted by atomic mass is 9.86. The molecule has 2 aromatic carbocycles. The SMILES string of the molecule is COc1ccc2c(c1)C1(CC1)CN(c1ccc(S(=O)(=O)N[C@H](CO)CN(C)C)c(C)c1[N+](=O)[O-])C2. The van der Waals surface area contributed by atoms with Gasteiger partial charge in [0.05, 0.1) is 29.6 Å². The first-order valence-corrected chi connectivity index (χ1v) is 13.0. The molecule has 11 heteroatoms. The molecule has 1 aliphatic carbocycles. The van der Waals surface area contributed by atoms with Gasteiger partial charge in [-0.2, -0.15) is 0 Å². The van der Waals surface area contributed by atoms with E-state index in [2.05, 4.69) is 10.8 Å². The molecule has 0 saturated heterocycles. The van der Waals surface area contributed by atoms with Crippen LogP contribution in [0.5, 0.6) is 5.75 Å². The van der Waals surface area contributed by atoms with Gasteiger partial charge in [-0.3, -0.25) is 10.1 Å². The number of nitro benzene ring substituents is 1. The number of fused-ring (bicyclic) bond motifs is 2. The van der Waals surface area contributed by atoms with Crippen LogP contribution in [0.1, 0.15) is 29.5 Å². The molecule has 1 saturated carbocycles. The van der Waals surface area contributed by atoms with Gasteiger partial charge in [-0.05, 0) is 69.3 Å². The van der Waals surface area contributed by atoms with Crippen molar-refractivity contribution >= 4 is 21.4 Å². The largest absolute Gasteiger partial charge is 0.497 e. The van der Waals surface area contributed by atoms with E-state index in [-0.39, 0.29) is 28.1 Å². The molecule has 0 bridgehead atoms. The number of methoxy groups -OCH3 is 1. The molecule has 2 aromatic rings. The van der Waals surface area contributed by atoms with E-state index in [1.165, 1.54) is 24.6 Å². The third-order valence-corrected chi connectivity index (χ3v) is 8.56. The highest BCUT2D eigenvalue weighted by molar-refractivity contribution is 7.89. The monoisotopic (exact) mass is 504 g/mol. The van der Waals surface area contributed by atoms with E-state index in [0.717, 1.165) is 24.2 Å². The summed E-state index contributed by atoms with van der Waals surface area (Å²) in [6.07, 6.45) is 1.97. The minimum Gasteiger partial charge on any atom is -0.497 e. The summed E-state index contributed by atoms with van der Waals surface area (Å²) in [4.78, 5) is 15.3. The first-order valence-electron chi connectivity index (χ1n) is 11.5. The Balaban J connectivity index is 1.71. The molecule has 10 nitrogen and oxygen atoms in total. The van der Waals surface area contributed by atoms with Crippen molar-refractivity contribution in [2.24, 2.45) is 0 Å². The van der Waals surface area contributed by atoms with Crippen molar-refractivity contribution in [3.63, 3.8) is 0 Å². The third-order valence-electron chi connectivity index (χ3n) is 6.90. The van der Waals surface area contributed by atoms with Crippen LogP contribution in [0.4, 0.5) is 11.4 Å². The Morgan fingerprint density at radius 3 is 2.57 bits per heavy atom. The Morgan fingerprint density at radius 2 is 2.00 bits per heavy atom. The predicted octanol–water partition coefficient (Wildman–Crippen LogP) is 2.16. The van der Waals surface area contributed by atoms with Crippen LogP contribution in [0.2, 0.25) is 0 Å². The first-order chi connectivity index (χ1) is 16.5. The van der Waals surface area contributed by atoms with Crippen molar-refractivity contribution in [3.8, 4) is 5.75 Å². The number of hydrogen-bond donors (Lipinski definition) is 2. The highest BCUT2D eigenvalue weighted by Crippen LogP contribution is 2.54. The van der Waals surface area contributed by atoms with E-state index in [1.54, 1.807) is 26.1 Å². The number of anilines is 1. The quantitative estimate of drug-likeness (QED) is 0.393. The fourth-order valence-corrected chi connectivity index (χ4v) is 6.54. The first kappa shape index (κ1) is 25.4. The Labute approximate surface area is 205 Å². The van der Waals surface area contributed by atoms with Crippen LogP contribution in [-0.4, -0.2) is 70.3 Å². The summed E-state index contributed by atoms with van der Waals surface area (Å²) in [6.45, 7) is 2.46. The van der Waals surface area contributed by atoms with Crippen LogP contribution in [-0.2, 0) is 22.0 Å². The van der Waals surface area contributed by atoms with Crippen molar-refractivity contribution in [1.82, 2.24) is 9.62 Å². The zero-order valence-electron chi connectivity index (χ0n) is 20.4. The Morgan fingerprint density at radius 1 is 1.29 bits per heavy atom. The molecular weight excluding hydrogens is 472 g/mol. The van der Waals surface area contributed by atoms with Gasteiger partial charge >= 0.3 is 0 Å². The Bertz CT molecular complexity index is 1240. The Hall–Kier alpha value is -2.73. The smallest absolute Gasteiger partial charge is 0.296 e. The third kappa shape index (κ3) is 4.86. The molecule has 0 unspecified atom stereocenters. The van der Waals surface area contributed by atoms with Crippen molar-refractivity contribution in [2.45, 2.75) is 42.7 Å². The van der Waals surface area contributed by atoms with Gasteiger partial charge in [0.2, 0.25) is 10.0 Å². The van der Waals surface area contributed by atoms with Crippen LogP contribution in [0.15, 0.2) is 35.2 Å². The van der Waals surface area contributed by atoms with Crippen LogP contribution in [0.25, 0.3) is 0 Å². The summed E-state index contributed by atoms with van der Waals surface area (Å²) < 4.78 is 34.1. The molecule has 1 heterocycles. The number of aliphatic hydroxyl groups is 1. The topological polar surface area (TPSA) is 125 Å². The molecule has 4 rings (SSSR count). The number of benzene rings is 2. The number of rotatable bonds is 9. The van der Waals surface area contributed by atoms with Crippen molar-refractivity contribution in [2.75, 3.05) is 45.8 Å². The molecule has 35 heavy (non-hydrogen) atoms. The lowest BCUT2D eigenvalue weighted by Gasteiger charge is -2.36. The van der Waals surface area contributed by atoms with Crippen molar-refractivity contribution < 1.29 is 23.2 Å². The standard InChI is InChI=1S/C24H32N4O6S/c1-16-22(35(32,33)25-18(14-29)13-26(2)3)8-7-21(23(16)28(30)31)27-12-17-5-6-19(34-4)11-20(17)24(15-27)9-10-24/h5-8,11,18,25,29H,9-10,12-15H2,1-4H3/t18-/m0/s1. The number of ether oxygens (including phenoxy) is 1. The second-order valence-electron chi connectivity index (χ2n) is 9.74. The fourth-order valence-electron chi connectivity index (χ4n) is 5.07. The predicted molar refractivity (Wildman–Crippen MR) is 133 cm³/mol. The zero-order chi connectivity index (χ0) is 25.5. The van der Waals surface area contributed by atoms with Crippen LogP contribution < -0.4 is 14.4 Å². The van der Waals surface area contributed by atoms with E-state index in [4.69, 9.17) is 4.74 Å². The molecule has 1 spiro atoms.